The van der Waals surface area contributed by atoms with E-state index in [1.807, 2.05) is 25.9 Å². The molecule has 0 fully saturated rings. The third-order valence-electron chi connectivity index (χ3n) is 11.8. The molecule has 0 radical (unpaired) electrons. The Morgan fingerprint density at radius 2 is 0.774 bits per heavy atom. The fourth-order valence-corrected chi connectivity index (χ4v) is 7.30. The van der Waals surface area contributed by atoms with Crippen LogP contribution in [-0.2, 0) is 47.7 Å². The van der Waals surface area contributed by atoms with Crippen LogP contribution in [0.2, 0.25) is 0 Å². The van der Waals surface area contributed by atoms with Crippen LogP contribution in [0.4, 0.5) is 0 Å². The van der Waals surface area contributed by atoms with Crippen LogP contribution in [0.15, 0.2) is 0 Å². The van der Waals surface area contributed by atoms with Gasteiger partial charge in [-0.05, 0) is 78.8 Å². The Morgan fingerprint density at radius 1 is 0.419 bits per heavy atom. The molecular formula is C51H95NO10. The zero-order valence-electron chi connectivity index (χ0n) is 41.1. The van der Waals surface area contributed by atoms with Gasteiger partial charge in [0.1, 0.15) is 6.61 Å². The van der Waals surface area contributed by atoms with Gasteiger partial charge in [0, 0.05) is 12.5 Å². The van der Waals surface area contributed by atoms with E-state index in [-0.39, 0.29) is 56.1 Å². The Hall–Kier alpha value is -2.69. The first-order valence-electron chi connectivity index (χ1n) is 25.5. The van der Waals surface area contributed by atoms with E-state index in [1.165, 1.54) is 64.2 Å². The summed E-state index contributed by atoms with van der Waals surface area (Å²) < 4.78 is 27.7. The molecule has 3 unspecified atom stereocenters. The molecular weight excluding hydrogens is 787 g/mol. The van der Waals surface area contributed by atoms with Gasteiger partial charge in [0.15, 0.2) is 0 Å². The van der Waals surface area contributed by atoms with Crippen molar-refractivity contribution in [2.75, 3.05) is 40.5 Å². The van der Waals surface area contributed by atoms with Crippen LogP contribution in [-0.4, -0.2) is 87.4 Å². The van der Waals surface area contributed by atoms with Crippen LogP contribution in [0.1, 0.15) is 234 Å². The van der Waals surface area contributed by atoms with E-state index >= 15 is 0 Å². The second-order valence-corrected chi connectivity index (χ2v) is 17.9. The molecule has 11 nitrogen and oxygen atoms in total. The molecule has 0 heterocycles. The van der Waals surface area contributed by atoms with Crippen molar-refractivity contribution in [2.45, 2.75) is 246 Å². The van der Waals surface area contributed by atoms with Gasteiger partial charge in [0.25, 0.3) is 0 Å². The molecule has 0 saturated carbocycles. The minimum atomic E-state index is -1.43. The van der Waals surface area contributed by atoms with E-state index in [0.717, 1.165) is 89.9 Å². The number of hydrogen-bond acceptors (Lipinski definition) is 11. The Labute approximate surface area is 379 Å². The molecule has 0 saturated heterocycles. The van der Waals surface area contributed by atoms with Gasteiger partial charge in [-0.1, -0.05) is 156 Å². The van der Waals surface area contributed by atoms with Crippen molar-refractivity contribution in [3.63, 3.8) is 0 Å². The van der Waals surface area contributed by atoms with Crippen LogP contribution >= 0.6 is 0 Å². The summed E-state index contributed by atoms with van der Waals surface area (Å²) in [6.45, 7) is 11.4. The fourth-order valence-electron chi connectivity index (χ4n) is 7.30. The first-order chi connectivity index (χ1) is 30.0. The van der Waals surface area contributed by atoms with E-state index in [1.54, 1.807) is 0 Å². The van der Waals surface area contributed by atoms with Gasteiger partial charge in [0.05, 0.1) is 38.1 Å². The molecule has 0 aromatic heterocycles. The predicted octanol–water partition coefficient (Wildman–Crippen LogP) is 12.4. The van der Waals surface area contributed by atoms with Gasteiger partial charge in [-0.3, -0.25) is 19.2 Å². The molecule has 0 aliphatic heterocycles. The molecule has 0 aromatic rings. The Balaban J connectivity index is 4.95. The Kier molecular flexibility index (Phi) is 40.4. The van der Waals surface area contributed by atoms with Gasteiger partial charge in [-0.15, -0.1) is 0 Å². The highest BCUT2D eigenvalue weighted by molar-refractivity contribution is 5.84. The van der Waals surface area contributed by atoms with Crippen LogP contribution in [0, 0.1) is 11.8 Å². The highest BCUT2D eigenvalue weighted by Gasteiger charge is 2.29. The van der Waals surface area contributed by atoms with Crippen molar-refractivity contribution >= 4 is 29.8 Å². The zero-order chi connectivity index (χ0) is 46.1. The fraction of sp³-hybridized carbons (Fsp3) is 0.902. The van der Waals surface area contributed by atoms with Gasteiger partial charge in [0.2, 0.25) is 6.10 Å². The number of esters is 5. The quantitative estimate of drug-likeness (QED) is 0.0329. The van der Waals surface area contributed by atoms with Crippen molar-refractivity contribution in [3.8, 4) is 0 Å². The maximum absolute atomic E-state index is 13.1. The lowest BCUT2D eigenvalue weighted by atomic mass is 9.94. The van der Waals surface area contributed by atoms with E-state index in [9.17, 15) is 24.0 Å². The molecule has 11 heteroatoms. The maximum Gasteiger partial charge on any atom is 0.348 e. The van der Waals surface area contributed by atoms with E-state index in [4.69, 9.17) is 23.7 Å². The van der Waals surface area contributed by atoms with Crippen molar-refractivity contribution < 1.29 is 47.7 Å². The summed E-state index contributed by atoms with van der Waals surface area (Å²) in [5.74, 6) is -2.45. The van der Waals surface area contributed by atoms with Crippen molar-refractivity contribution in [1.29, 1.82) is 0 Å². The maximum atomic E-state index is 13.1. The summed E-state index contributed by atoms with van der Waals surface area (Å²) in [6.07, 6.45) is 27.6. The number of carbonyl (C=O) groups excluding carboxylic acids is 5. The molecule has 0 amide bonds. The Morgan fingerprint density at radius 3 is 1.19 bits per heavy atom. The summed E-state index contributed by atoms with van der Waals surface area (Å²) >= 11 is 0. The Bertz CT molecular complexity index is 1110. The summed E-state index contributed by atoms with van der Waals surface area (Å²) in [5.41, 5.74) is 0. The van der Waals surface area contributed by atoms with Crippen LogP contribution in [0.5, 0.6) is 0 Å². The lowest BCUT2D eigenvalue weighted by Gasteiger charge is -2.20. The molecule has 0 N–H and O–H groups in total. The summed E-state index contributed by atoms with van der Waals surface area (Å²) in [7, 11) is 3.75. The number of rotatable bonds is 44. The van der Waals surface area contributed by atoms with E-state index < -0.39 is 30.4 Å². The van der Waals surface area contributed by atoms with Gasteiger partial charge in [-0.2, -0.15) is 0 Å². The summed E-state index contributed by atoms with van der Waals surface area (Å²) in [4.78, 5) is 66.7. The van der Waals surface area contributed by atoms with Crippen LogP contribution in [0.25, 0.3) is 0 Å². The third kappa shape index (κ3) is 34.8. The monoisotopic (exact) mass is 882 g/mol. The zero-order valence-corrected chi connectivity index (χ0v) is 41.1. The van der Waals surface area contributed by atoms with Crippen LogP contribution in [0.3, 0.4) is 0 Å². The normalized spacial score (nSPS) is 13.3. The molecule has 0 bridgehead atoms. The molecule has 0 aromatic carbocycles. The SMILES string of the molecule is CCCCCCCCC(CCCCCC)C(=O)OCCCCCC(=O)O[C@@H](CC(=O)OCC(C)N(C)C)C(=O)OCCCCOC(=O)C(CCCCCC)CCCCCCCC. The minimum absolute atomic E-state index is 0.0344. The van der Waals surface area contributed by atoms with Crippen LogP contribution < -0.4 is 0 Å². The van der Waals surface area contributed by atoms with Gasteiger partial charge >= 0.3 is 29.8 Å². The lowest BCUT2D eigenvalue weighted by Crippen LogP contribution is -2.34. The first-order valence-corrected chi connectivity index (χ1v) is 25.5. The van der Waals surface area contributed by atoms with E-state index in [0.29, 0.717) is 38.7 Å². The first kappa shape index (κ1) is 59.3. The molecule has 0 spiro atoms. The second kappa shape index (κ2) is 42.3. The topological polar surface area (TPSA) is 135 Å². The molecule has 4 atom stereocenters. The summed E-state index contributed by atoms with van der Waals surface area (Å²) in [6, 6.07) is -0.0378. The minimum Gasteiger partial charge on any atom is -0.465 e. The van der Waals surface area contributed by atoms with Crippen molar-refractivity contribution in [3.05, 3.63) is 0 Å². The van der Waals surface area contributed by atoms with Gasteiger partial charge in [-0.25, -0.2) is 4.79 Å². The number of likely N-dealkylation sites (N-methyl/N-ethyl adjacent to an activating group) is 1. The molecule has 364 valence electrons. The average Bonchev–Trinajstić information content (AvgIpc) is 3.25. The third-order valence-corrected chi connectivity index (χ3v) is 11.8. The molecule has 62 heavy (non-hydrogen) atoms. The number of hydrogen-bond donors (Lipinski definition) is 0. The molecule has 0 aliphatic carbocycles. The van der Waals surface area contributed by atoms with Crippen molar-refractivity contribution in [1.82, 2.24) is 4.90 Å². The summed E-state index contributed by atoms with van der Waals surface area (Å²) in [5, 5.41) is 0. The smallest absolute Gasteiger partial charge is 0.348 e. The predicted molar refractivity (Wildman–Crippen MR) is 250 cm³/mol. The highest BCUT2D eigenvalue weighted by Crippen LogP contribution is 2.22. The number of nitrogens with zero attached hydrogens (tertiary/aromatic N) is 1. The van der Waals surface area contributed by atoms with E-state index in [2.05, 4.69) is 27.7 Å². The number of carbonyl (C=O) groups is 5. The highest BCUT2D eigenvalue weighted by atomic mass is 16.6. The second-order valence-electron chi connectivity index (χ2n) is 17.9. The standard InChI is InChI=1S/C51H95NO10/c1-8-12-16-20-22-27-35-44(33-25-18-14-10-3)49(55)58-38-30-24-29-37-47(53)62-46(41-48(54)61-42-43(5)52(6)7)51(57)60-40-32-31-39-59-50(56)45(34-26-19-15-11-4)36-28-23-21-17-13-9-2/h43-46H,8-42H2,1-7H3/t43?,44?,45?,46-/m0/s1. The number of unbranched alkanes of at least 4 members (excludes halogenated alkanes) is 19. The van der Waals surface area contributed by atoms with Crippen molar-refractivity contribution in [2.24, 2.45) is 11.8 Å². The average molecular weight is 882 g/mol. The number of ether oxygens (including phenoxy) is 5. The molecule has 0 rings (SSSR count). The lowest BCUT2D eigenvalue weighted by molar-refractivity contribution is -0.172. The molecule has 0 aliphatic rings. The van der Waals surface area contributed by atoms with Gasteiger partial charge < -0.3 is 28.6 Å². The largest absolute Gasteiger partial charge is 0.465 e.